The number of methoxy groups -OCH3 is 1. The first-order chi connectivity index (χ1) is 9.74. The van der Waals surface area contributed by atoms with Crippen molar-refractivity contribution in [3.63, 3.8) is 0 Å². The maximum Gasteiger partial charge on any atom is 0.343 e. The summed E-state index contributed by atoms with van der Waals surface area (Å²) in [5.74, 6) is -0.167. The standard InChI is InChI=1S/C15H15NO3S/c1-18-14-13(4-3-9-16-14)15(17)19-10-11-5-7-12(20-2)8-6-11/h3-9H,10H2,1-2H3. The highest BCUT2D eigenvalue weighted by Crippen LogP contribution is 2.17. The monoisotopic (exact) mass is 289 g/mol. The van der Waals surface area contributed by atoms with Crippen molar-refractivity contribution in [1.29, 1.82) is 0 Å². The summed E-state index contributed by atoms with van der Waals surface area (Å²) in [4.78, 5) is 17.1. The summed E-state index contributed by atoms with van der Waals surface area (Å²) in [6.45, 7) is 0.228. The summed E-state index contributed by atoms with van der Waals surface area (Å²) in [7, 11) is 1.47. The smallest absolute Gasteiger partial charge is 0.343 e. The Bertz CT molecular complexity index is 584. The molecule has 1 heterocycles. The van der Waals surface area contributed by atoms with Crippen LogP contribution >= 0.6 is 11.8 Å². The fourth-order valence-corrected chi connectivity index (χ4v) is 2.07. The van der Waals surface area contributed by atoms with Crippen molar-refractivity contribution in [3.8, 4) is 5.88 Å². The van der Waals surface area contributed by atoms with E-state index in [1.54, 1.807) is 30.1 Å². The van der Waals surface area contributed by atoms with Crippen LogP contribution in [-0.4, -0.2) is 24.3 Å². The van der Waals surface area contributed by atoms with Gasteiger partial charge in [0.25, 0.3) is 0 Å². The first-order valence-electron chi connectivity index (χ1n) is 6.03. The number of carbonyl (C=O) groups excluding carboxylic acids is 1. The maximum absolute atomic E-state index is 12.0. The number of pyridine rings is 1. The fourth-order valence-electron chi connectivity index (χ4n) is 1.66. The molecule has 0 N–H and O–H groups in total. The van der Waals surface area contributed by atoms with Crippen LogP contribution in [-0.2, 0) is 11.3 Å². The lowest BCUT2D eigenvalue weighted by atomic mass is 10.2. The zero-order valence-electron chi connectivity index (χ0n) is 11.3. The molecular weight excluding hydrogens is 274 g/mol. The highest BCUT2D eigenvalue weighted by molar-refractivity contribution is 7.98. The minimum Gasteiger partial charge on any atom is -0.480 e. The molecule has 2 rings (SSSR count). The Hall–Kier alpha value is -2.01. The zero-order valence-corrected chi connectivity index (χ0v) is 12.1. The van der Waals surface area contributed by atoms with E-state index < -0.39 is 5.97 Å². The Morgan fingerprint density at radius 1 is 1.25 bits per heavy atom. The Balaban J connectivity index is 2.01. The molecule has 4 nitrogen and oxygen atoms in total. The molecule has 104 valence electrons. The Morgan fingerprint density at radius 2 is 2.00 bits per heavy atom. The Labute approximate surface area is 122 Å². The van der Waals surface area contributed by atoms with Crippen LogP contribution in [0.15, 0.2) is 47.5 Å². The molecule has 5 heteroatoms. The quantitative estimate of drug-likeness (QED) is 0.625. The molecule has 0 unspecified atom stereocenters. The minimum absolute atomic E-state index is 0.228. The van der Waals surface area contributed by atoms with Crippen molar-refractivity contribution >= 4 is 17.7 Å². The van der Waals surface area contributed by atoms with Crippen LogP contribution < -0.4 is 4.74 Å². The predicted molar refractivity (Wildman–Crippen MR) is 78.1 cm³/mol. The summed E-state index contributed by atoms with van der Waals surface area (Å²) in [6.07, 6.45) is 3.58. The number of ether oxygens (including phenoxy) is 2. The van der Waals surface area contributed by atoms with Gasteiger partial charge in [-0.1, -0.05) is 12.1 Å². The number of aromatic nitrogens is 1. The van der Waals surface area contributed by atoms with Crippen LogP contribution in [0.25, 0.3) is 0 Å². The van der Waals surface area contributed by atoms with E-state index in [9.17, 15) is 4.79 Å². The third-order valence-corrected chi connectivity index (χ3v) is 3.46. The van der Waals surface area contributed by atoms with Crippen molar-refractivity contribution in [1.82, 2.24) is 4.98 Å². The van der Waals surface area contributed by atoms with Gasteiger partial charge >= 0.3 is 5.97 Å². The molecule has 0 saturated heterocycles. The highest BCUT2D eigenvalue weighted by Gasteiger charge is 2.14. The SMILES string of the molecule is COc1ncccc1C(=O)OCc1ccc(SC)cc1. The number of rotatable bonds is 5. The van der Waals surface area contributed by atoms with Crippen LogP contribution in [0.1, 0.15) is 15.9 Å². The molecule has 1 aromatic heterocycles. The molecule has 0 aliphatic heterocycles. The lowest BCUT2D eigenvalue weighted by Gasteiger charge is -2.08. The fraction of sp³-hybridized carbons (Fsp3) is 0.200. The number of benzene rings is 1. The lowest BCUT2D eigenvalue weighted by molar-refractivity contribution is 0.0468. The van der Waals surface area contributed by atoms with Gasteiger partial charge in [-0.25, -0.2) is 9.78 Å². The first kappa shape index (κ1) is 14.4. The Morgan fingerprint density at radius 3 is 2.65 bits per heavy atom. The molecule has 1 aromatic carbocycles. The van der Waals surface area contributed by atoms with Gasteiger partial charge in [-0.3, -0.25) is 0 Å². The van der Waals surface area contributed by atoms with Crippen LogP contribution in [0.4, 0.5) is 0 Å². The summed E-state index contributed by atoms with van der Waals surface area (Å²) in [6, 6.07) is 11.2. The van der Waals surface area contributed by atoms with E-state index >= 15 is 0 Å². The second kappa shape index (κ2) is 6.96. The van der Waals surface area contributed by atoms with Crippen LogP contribution in [0.2, 0.25) is 0 Å². The summed E-state index contributed by atoms with van der Waals surface area (Å²) < 4.78 is 10.3. The topological polar surface area (TPSA) is 48.4 Å². The largest absolute Gasteiger partial charge is 0.480 e. The van der Waals surface area contributed by atoms with E-state index in [-0.39, 0.29) is 12.5 Å². The minimum atomic E-state index is -0.441. The molecule has 20 heavy (non-hydrogen) atoms. The van der Waals surface area contributed by atoms with E-state index in [1.165, 1.54) is 12.0 Å². The molecule has 0 amide bonds. The van der Waals surface area contributed by atoms with Crippen molar-refractivity contribution in [2.45, 2.75) is 11.5 Å². The normalized spacial score (nSPS) is 10.1. The second-order valence-electron chi connectivity index (χ2n) is 3.98. The number of hydrogen-bond donors (Lipinski definition) is 0. The van der Waals surface area contributed by atoms with Gasteiger partial charge in [0.1, 0.15) is 12.2 Å². The summed E-state index contributed by atoms with van der Waals surface area (Å²) in [5, 5.41) is 0. The van der Waals surface area contributed by atoms with Gasteiger partial charge in [-0.2, -0.15) is 0 Å². The number of esters is 1. The van der Waals surface area contributed by atoms with Crippen LogP contribution in [0, 0.1) is 0 Å². The van der Waals surface area contributed by atoms with Crippen LogP contribution in [0.3, 0.4) is 0 Å². The number of hydrogen-bond acceptors (Lipinski definition) is 5. The zero-order chi connectivity index (χ0) is 14.4. The van der Waals surface area contributed by atoms with Gasteiger partial charge in [-0.05, 0) is 36.1 Å². The predicted octanol–water partition coefficient (Wildman–Crippen LogP) is 3.17. The molecule has 0 aliphatic rings. The summed E-state index contributed by atoms with van der Waals surface area (Å²) >= 11 is 1.67. The number of thioether (sulfide) groups is 1. The lowest BCUT2D eigenvalue weighted by Crippen LogP contribution is -2.08. The maximum atomic E-state index is 12.0. The molecular formula is C15H15NO3S. The van der Waals surface area contributed by atoms with Gasteiger partial charge in [0.05, 0.1) is 7.11 Å². The van der Waals surface area contributed by atoms with Gasteiger partial charge in [-0.15, -0.1) is 11.8 Å². The molecule has 0 saturated carbocycles. The molecule has 0 atom stereocenters. The average Bonchev–Trinajstić information content (AvgIpc) is 2.53. The Kier molecular flexibility index (Phi) is 5.01. The van der Waals surface area contributed by atoms with E-state index in [0.717, 1.165) is 5.56 Å². The molecule has 0 bridgehead atoms. The number of nitrogens with zero attached hydrogens (tertiary/aromatic N) is 1. The number of carbonyl (C=O) groups is 1. The third-order valence-electron chi connectivity index (χ3n) is 2.71. The second-order valence-corrected chi connectivity index (χ2v) is 4.86. The summed E-state index contributed by atoms with van der Waals surface area (Å²) in [5.41, 5.74) is 1.27. The molecule has 0 spiro atoms. The van der Waals surface area contributed by atoms with E-state index in [0.29, 0.717) is 5.56 Å². The van der Waals surface area contributed by atoms with E-state index in [1.807, 2.05) is 30.5 Å². The van der Waals surface area contributed by atoms with E-state index in [4.69, 9.17) is 9.47 Å². The third kappa shape index (κ3) is 3.51. The van der Waals surface area contributed by atoms with Crippen LogP contribution in [0.5, 0.6) is 5.88 Å². The first-order valence-corrected chi connectivity index (χ1v) is 7.26. The molecule has 0 fully saturated rings. The van der Waals surface area contributed by atoms with Crippen molar-refractivity contribution in [2.75, 3.05) is 13.4 Å². The van der Waals surface area contributed by atoms with Gasteiger partial charge < -0.3 is 9.47 Å². The van der Waals surface area contributed by atoms with Gasteiger partial charge in [0, 0.05) is 11.1 Å². The van der Waals surface area contributed by atoms with Crippen molar-refractivity contribution in [2.24, 2.45) is 0 Å². The van der Waals surface area contributed by atoms with E-state index in [2.05, 4.69) is 4.98 Å². The van der Waals surface area contributed by atoms with Gasteiger partial charge in [0.15, 0.2) is 0 Å². The average molecular weight is 289 g/mol. The van der Waals surface area contributed by atoms with Crippen molar-refractivity contribution in [3.05, 3.63) is 53.7 Å². The van der Waals surface area contributed by atoms with Gasteiger partial charge in [0.2, 0.25) is 5.88 Å². The highest BCUT2D eigenvalue weighted by atomic mass is 32.2. The molecule has 0 aliphatic carbocycles. The molecule has 2 aromatic rings. The van der Waals surface area contributed by atoms with Crippen molar-refractivity contribution < 1.29 is 14.3 Å². The molecule has 0 radical (unpaired) electrons.